The van der Waals surface area contributed by atoms with Crippen LogP contribution in [0.5, 0.6) is 0 Å². The molecule has 0 atom stereocenters. The highest BCUT2D eigenvalue weighted by molar-refractivity contribution is 7.90. The highest BCUT2D eigenvalue weighted by Gasteiger charge is 2.44. The van der Waals surface area contributed by atoms with E-state index in [1.54, 1.807) is 0 Å². The summed E-state index contributed by atoms with van der Waals surface area (Å²) in [6, 6.07) is 2.05. The number of carbonyl (C=O) groups is 2. The Balaban J connectivity index is 1.95. The summed E-state index contributed by atoms with van der Waals surface area (Å²) in [5.74, 6) is -6.06. The summed E-state index contributed by atoms with van der Waals surface area (Å²) in [4.78, 5) is 23.2. The van der Waals surface area contributed by atoms with Gasteiger partial charge in [0.15, 0.2) is 17.5 Å². The van der Waals surface area contributed by atoms with Crippen LogP contribution in [0.15, 0.2) is 35.2 Å². The quantitative estimate of drug-likeness (QED) is 0.550. The third-order valence-electron chi connectivity index (χ3n) is 3.84. The Kier molecular flexibility index (Phi) is 5.14. The second-order valence-corrected chi connectivity index (χ2v) is 7.81. The van der Waals surface area contributed by atoms with Gasteiger partial charge in [-0.15, -0.1) is 0 Å². The molecule has 30 heavy (non-hydrogen) atoms. The SMILES string of the molecule is O=C(Nc1cc(F)c(F)c(F)c1)c1ccc2c(c1)S(=O)(=O)N(CC(F)(F)F)C(=O)N2. The van der Waals surface area contributed by atoms with E-state index in [2.05, 4.69) is 0 Å². The molecule has 14 heteroatoms. The molecule has 3 amide bonds. The first-order valence-corrected chi connectivity index (χ1v) is 9.24. The number of anilines is 2. The van der Waals surface area contributed by atoms with Crippen molar-refractivity contribution in [3.8, 4) is 0 Å². The van der Waals surface area contributed by atoms with Gasteiger partial charge < -0.3 is 10.6 Å². The van der Waals surface area contributed by atoms with Crippen molar-refractivity contribution in [2.75, 3.05) is 17.2 Å². The van der Waals surface area contributed by atoms with Gasteiger partial charge in [0, 0.05) is 23.4 Å². The number of nitrogens with one attached hydrogen (secondary N) is 2. The maximum atomic E-state index is 13.3. The van der Waals surface area contributed by atoms with Gasteiger partial charge in [0.1, 0.15) is 11.4 Å². The standard InChI is InChI=1S/C16H9F6N3O4S/c17-9-4-8(5-10(18)13(9)19)23-14(26)7-1-2-11-12(3-7)30(28,29)25(15(27)24-11)6-16(20,21)22/h1-5H,6H2,(H,23,26)(H,24,27). The lowest BCUT2D eigenvalue weighted by molar-refractivity contribution is -0.132. The van der Waals surface area contributed by atoms with E-state index >= 15 is 0 Å². The first-order valence-electron chi connectivity index (χ1n) is 7.80. The van der Waals surface area contributed by atoms with Crippen molar-refractivity contribution in [3.63, 3.8) is 0 Å². The number of urea groups is 1. The van der Waals surface area contributed by atoms with Gasteiger partial charge in [-0.2, -0.15) is 13.2 Å². The predicted octanol–water partition coefficient (Wildman–Crippen LogP) is 3.45. The number of fused-ring (bicyclic) bond motifs is 1. The average molecular weight is 453 g/mol. The number of sulfonamides is 1. The molecular weight excluding hydrogens is 444 g/mol. The molecule has 0 spiro atoms. The molecule has 2 aromatic carbocycles. The maximum Gasteiger partial charge on any atom is 0.407 e. The van der Waals surface area contributed by atoms with E-state index in [9.17, 15) is 44.3 Å². The molecule has 1 aliphatic rings. The lowest BCUT2D eigenvalue weighted by Crippen LogP contribution is -2.48. The van der Waals surface area contributed by atoms with Crippen LogP contribution in [0, 0.1) is 17.5 Å². The Morgan fingerprint density at radius 1 is 1.07 bits per heavy atom. The number of amides is 3. The molecule has 0 fully saturated rings. The monoisotopic (exact) mass is 453 g/mol. The van der Waals surface area contributed by atoms with Crippen LogP contribution in [0.4, 0.5) is 42.5 Å². The third-order valence-corrected chi connectivity index (χ3v) is 5.61. The Morgan fingerprint density at radius 3 is 2.23 bits per heavy atom. The van der Waals surface area contributed by atoms with Crippen molar-refractivity contribution in [1.82, 2.24) is 4.31 Å². The first-order chi connectivity index (χ1) is 13.8. The number of rotatable bonds is 3. The van der Waals surface area contributed by atoms with Crippen LogP contribution in [-0.4, -0.2) is 37.4 Å². The van der Waals surface area contributed by atoms with E-state index in [1.165, 1.54) is 0 Å². The molecule has 0 unspecified atom stereocenters. The van der Waals surface area contributed by atoms with Crippen LogP contribution in [0.1, 0.15) is 10.4 Å². The summed E-state index contributed by atoms with van der Waals surface area (Å²) in [5, 5.41) is 3.96. The molecule has 2 aromatic rings. The van der Waals surface area contributed by atoms with Crippen molar-refractivity contribution in [1.29, 1.82) is 0 Å². The highest BCUT2D eigenvalue weighted by Crippen LogP contribution is 2.33. The van der Waals surface area contributed by atoms with E-state index in [0.29, 0.717) is 18.2 Å². The Labute approximate surface area is 164 Å². The van der Waals surface area contributed by atoms with Gasteiger partial charge in [0.25, 0.3) is 15.9 Å². The van der Waals surface area contributed by atoms with Crippen LogP contribution < -0.4 is 10.6 Å². The van der Waals surface area contributed by atoms with Gasteiger partial charge >= 0.3 is 12.2 Å². The molecule has 0 saturated heterocycles. The van der Waals surface area contributed by atoms with E-state index < -0.39 is 72.6 Å². The topological polar surface area (TPSA) is 95.6 Å². The Bertz CT molecular complexity index is 1140. The van der Waals surface area contributed by atoms with E-state index in [4.69, 9.17) is 0 Å². The third kappa shape index (κ3) is 4.03. The van der Waals surface area contributed by atoms with E-state index in [-0.39, 0.29) is 5.69 Å². The number of alkyl halides is 3. The normalized spacial score (nSPS) is 15.4. The molecule has 0 aromatic heterocycles. The summed E-state index contributed by atoms with van der Waals surface area (Å²) < 4.78 is 102. The molecule has 0 saturated carbocycles. The molecular formula is C16H9F6N3O4S. The minimum atomic E-state index is -5.02. The second kappa shape index (κ2) is 7.19. The molecule has 0 radical (unpaired) electrons. The Morgan fingerprint density at radius 2 is 1.67 bits per heavy atom. The zero-order valence-corrected chi connectivity index (χ0v) is 15.2. The lowest BCUT2D eigenvalue weighted by Gasteiger charge is -2.29. The molecule has 3 rings (SSSR count). The van der Waals surface area contributed by atoms with Crippen molar-refractivity contribution in [2.45, 2.75) is 11.1 Å². The van der Waals surface area contributed by atoms with Crippen LogP contribution in [0.25, 0.3) is 0 Å². The average Bonchev–Trinajstić information content (AvgIpc) is 2.62. The number of hydrogen-bond acceptors (Lipinski definition) is 4. The smallest absolute Gasteiger partial charge is 0.322 e. The summed E-state index contributed by atoms with van der Waals surface area (Å²) in [6.07, 6.45) is -5.02. The largest absolute Gasteiger partial charge is 0.407 e. The zero-order chi connectivity index (χ0) is 22.4. The molecule has 1 aliphatic heterocycles. The summed E-state index contributed by atoms with van der Waals surface area (Å²) in [5.41, 5.74) is -1.29. The van der Waals surface area contributed by atoms with Crippen molar-refractivity contribution in [3.05, 3.63) is 53.3 Å². The fourth-order valence-corrected chi connectivity index (χ4v) is 4.03. The van der Waals surface area contributed by atoms with Gasteiger partial charge in [-0.3, -0.25) is 4.79 Å². The number of carbonyl (C=O) groups excluding carboxylic acids is 2. The zero-order valence-electron chi connectivity index (χ0n) is 14.4. The molecule has 1 heterocycles. The predicted molar refractivity (Wildman–Crippen MR) is 89.7 cm³/mol. The minimum Gasteiger partial charge on any atom is -0.322 e. The van der Waals surface area contributed by atoms with Gasteiger partial charge in [-0.05, 0) is 18.2 Å². The van der Waals surface area contributed by atoms with Crippen LogP contribution in [0.3, 0.4) is 0 Å². The van der Waals surface area contributed by atoms with Gasteiger partial charge in [-0.1, -0.05) is 0 Å². The number of hydrogen-bond donors (Lipinski definition) is 2. The van der Waals surface area contributed by atoms with Gasteiger partial charge in [0.05, 0.1) is 5.69 Å². The summed E-state index contributed by atoms with van der Waals surface area (Å²) in [7, 11) is -4.96. The fourth-order valence-electron chi connectivity index (χ4n) is 2.54. The highest BCUT2D eigenvalue weighted by atomic mass is 32.2. The summed E-state index contributed by atoms with van der Waals surface area (Å²) in [6.45, 7) is -2.09. The maximum absolute atomic E-state index is 13.3. The van der Waals surface area contributed by atoms with Gasteiger partial charge in [0.2, 0.25) is 0 Å². The lowest BCUT2D eigenvalue weighted by atomic mass is 10.2. The molecule has 0 aliphatic carbocycles. The molecule has 7 nitrogen and oxygen atoms in total. The number of benzene rings is 2. The number of nitrogens with zero attached hydrogens (tertiary/aromatic N) is 1. The second-order valence-electron chi connectivity index (χ2n) is 5.98. The van der Waals surface area contributed by atoms with Crippen molar-refractivity contribution >= 4 is 33.3 Å². The minimum absolute atomic E-state index is 0.367. The van der Waals surface area contributed by atoms with Crippen LogP contribution in [-0.2, 0) is 10.0 Å². The number of halogens is 6. The fraction of sp³-hybridized carbons (Fsp3) is 0.125. The van der Waals surface area contributed by atoms with Crippen LogP contribution in [0.2, 0.25) is 0 Å². The van der Waals surface area contributed by atoms with Crippen molar-refractivity contribution in [2.24, 2.45) is 0 Å². The van der Waals surface area contributed by atoms with E-state index in [1.807, 2.05) is 10.6 Å². The van der Waals surface area contributed by atoms with Crippen LogP contribution >= 0.6 is 0 Å². The van der Waals surface area contributed by atoms with Gasteiger partial charge in [-0.25, -0.2) is 30.7 Å². The molecule has 0 bridgehead atoms. The molecule has 2 N–H and O–H groups in total. The van der Waals surface area contributed by atoms with E-state index in [0.717, 1.165) is 12.1 Å². The van der Waals surface area contributed by atoms with Crippen molar-refractivity contribution < 1.29 is 44.3 Å². The first kappa shape index (κ1) is 21.4. The Hall–Kier alpha value is -3.29. The molecule has 160 valence electrons. The summed E-state index contributed by atoms with van der Waals surface area (Å²) >= 11 is 0.